The molecule has 0 aliphatic heterocycles. The van der Waals surface area contributed by atoms with Crippen LogP contribution >= 0.6 is 0 Å². The summed E-state index contributed by atoms with van der Waals surface area (Å²) >= 11 is 0. The maximum Gasteiger partial charge on any atom is 0.233 e. The number of hydrogen-bond donors (Lipinski definition) is 3. The minimum atomic E-state index is -0.999. The van der Waals surface area contributed by atoms with Crippen LogP contribution in [0, 0.1) is 5.41 Å². The highest BCUT2D eigenvalue weighted by atomic mass is 16.4. The van der Waals surface area contributed by atoms with E-state index in [0.29, 0.717) is 6.54 Å². The molecule has 0 saturated carbocycles. The average Bonchev–Trinajstić information content (AvgIpc) is 2.23. The van der Waals surface area contributed by atoms with E-state index in [4.69, 9.17) is 10.9 Å². The fourth-order valence-corrected chi connectivity index (χ4v) is 0.885. The van der Waals surface area contributed by atoms with Crippen molar-refractivity contribution in [3.8, 4) is 0 Å². The van der Waals surface area contributed by atoms with Gasteiger partial charge in [-0.2, -0.15) is 0 Å². The largest absolute Gasteiger partial charge is 0.409 e. The highest BCUT2D eigenvalue weighted by Gasteiger charge is 2.32. The van der Waals surface area contributed by atoms with Crippen LogP contribution in [0.1, 0.15) is 20.8 Å². The lowest BCUT2D eigenvalue weighted by Crippen LogP contribution is -2.48. The molecule has 0 bridgehead atoms. The molecule has 0 rings (SSSR count). The molecule has 0 aromatic heterocycles. The van der Waals surface area contributed by atoms with Crippen molar-refractivity contribution >= 4 is 11.7 Å². The minimum Gasteiger partial charge on any atom is -0.409 e. The molecule has 0 saturated heterocycles. The molecule has 94 valence electrons. The van der Waals surface area contributed by atoms with Crippen LogP contribution in [0.3, 0.4) is 0 Å². The summed E-state index contributed by atoms with van der Waals surface area (Å²) in [7, 11) is 3.87. The SMILES string of the molecule is CC(CNC(=O)C(C)(C)C(N)=NO)N(C)C. The first-order valence-electron chi connectivity index (χ1n) is 5.16. The fraction of sp³-hybridized carbons (Fsp3) is 0.800. The van der Waals surface area contributed by atoms with Gasteiger partial charge in [-0.1, -0.05) is 5.16 Å². The van der Waals surface area contributed by atoms with Gasteiger partial charge < -0.3 is 21.2 Å². The van der Waals surface area contributed by atoms with Crippen molar-refractivity contribution in [2.24, 2.45) is 16.3 Å². The molecule has 0 aliphatic carbocycles. The predicted molar refractivity (Wildman–Crippen MR) is 63.3 cm³/mol. The van der Waals surface area contributed by atoms with Crippen molar-refractivity contribution in [3.05, 3.63) is 0 Å². The van der Waals surface area contributed by atoms with Crippen molar-refractivity contribution in [1.29, 1.82) is 0 Å². The number of carbonyl (C=O) groups excluding carboxylic acids is 1. The van der Waals surface area contributed by atoms with Gasteiger partial charge in [0, 0.05) is 12.6 Å². The van der Waals surface area contributed by atoms with Crippen LogP contribution in [0.2, 0.25) is 0 Å². The smallest absolute Gasteiger partial charge is 0.233 e. The van der Waals surface area contributed by atoms with E-state index in [1.165, 1.54) is 0 Å². The quantitative estimate of drug-likeness (QED) is 0.264. The number of oxime groups is 1. The molecular formula is C10H22N4O2. The third-order valence-electron chi connectivity index (χ3n) is 2.76. The summed E-state index contributed by atoms with van der Waals surface area (Å²) in [6.07, 6.45) is 0. The molecule has 6 heteroatoms. The molecule has 1 unspecified atom stereocenters. The molecule has 4 N–H and O–H groups in total. The van der Waals surface area contributed by atoms with Gasteiger partial charge in [-0.25, -0.2) is 0 Å². The molecule has 0 aromatic carbocycles. The second-order valence-electron chi connectivity index (χ2n) is 4.63. The zero-order chi connectivity index (χ0) is 12.9. The Bertz CT molecular complexity index is 274. The molecule has 1 atom stereocenters. The van der Waals surface area contributed by atoms with Gasteiger partial charge in [0.25, 0.3) is 0 Å². The van der Waals surface area contributed by atoms with E-state index in [1.54, 1.807) is 13.8 Å². The Morgan fingerprint density at radius 2 is 2.06 bits per heavy atom. The number of amidine groups is 1. The standard InChI is InChI=1S/C10H22N4O2/c1-7(14(4)5)6-12-9(15)10(2,3)8(11)13-16/h7,16H,6H2,1-5H3,(H2,11,13)(H,12,15). The second kappa shape index (κ2) is 5.69. The summed E-state index contributed by atoms with van der Waals surface area (Å²) in [4.78, 5) is 13.8. The van der Waals surface area contributed by atoms with Crippen molar-refractivity contribution in [2.45, 2.75) is 26.8 Å². The number of likely N-dealkylation sites (N-methyl/N-ethyl adjacent to an activating group) is 1. The van der Waals surface area contributed by atoms with E-state index in [1.807, 2.05) is 25.9 Å². The molecule has 0 spiro atoms. The summed E-state index contributed by atoms with van der Waals surface area (Å²) in [6.45, 7) is 5.74. The number of nitrogens with one attached hydrogen (secondary N) is 1. The van der Waals surface area contributed by atoms with Crippen LogP contribution in [0.15, 0.2) is 5.16 Å². The summed E-state index contributed by atoms with van der Waals surface area (Å²) < 4.78 is 0. The van der Waals surface area contributed by atoms with Crippen molar-refractivity contribution < 1.29 is 10.0 Å². The predicted octanol–water partition coefficient (Wildman–Crippen LogP) is -0.175. The Hall–Kier alpha value is -1.30. The van der Waals surface area contributed by atoms with Gasteiger partial charge in [-0.3, -0.25) is 4.79 Å². The Balaban J connectivity index is 4.37. The monoisotopic (exact) mass is 230 g/mol. The van der Waals surface area contributed by atoms with Crippen LogP contribution in [-0.4, -0.2) is 48.5 Å². The van der Waals surface area contributed by atoms with Crippen LogP contribution in [0.25, 0.3) is 0 Å². The molecule has 0 heterocycles. The normalized spacial score (nSPS) is 15.0. The maximum atomic E-state index is 11.8. The molecule has 16 heavy (non-hydrogen) atoms. The van der Waals surface area contributed by atoms with Crippen LogP contribution in [0.5, 0.6) is 0 Å². The Labute approximate surface area is 96.5 Å². The molecule has 6 nitrogen and oxygen atoms in total. The number of carbonyl (C=O) groups is 1. The van der Waals surface area contributed by atoms with Gasteiger partial charge in [-0.05, 0) is 34.9 Å². The molecule has 0 fully saturated rings. The average molecular weight is 230 g/mol. The van der Waals surface area contributed by atoms with Gasteiger partial charge in [0.2, 0.25) is 5.91 Å². The van der Waals surface area contributed by atoms with Gasteiger partial charge in [0.15, 0.2) is 5.84 Å². The van der Waals surface area contributed by atoms with E-state index in [9.17, 15) is 4.79 Å². The Morgan fingerprint density at radius 1 is 1.56 bits per heavy atom. The van der Waals surface area contributed by atoms with Gasteiger partial charge in [-0.15, -0.1) is 0 Å². The van der Waals surface area contributed by atoms with E-state index in [-0.39, 0.29) is 17.8 Å². The fourth-order valence-electron chi connectivity index (χ4n) is 0.885. The van der Waals surface area contributed by atoms with E-state index >= 15 is 0 Å². The Kier molecular flexibility index (Phi) is 5.23. The van der Waals surface area contributed by atoms with Crippen LogP contribution < -0.4 is 11.1 Å². The zero-order valence-electron chi connectivity index (χ0n) is 10.6. The zero-order valence-corrected chi connectivity index (χ0v) is 10.6. The van der Waals surface area contributed by atoms with Gasteiger partial charge >= 0.3 is 0 Å². The van der Waals surface area contributed by atoms with Crippen molar-refractivity contribution in [2.75, 3.05) is 20.6 Å². The molecule has 0 aromatic rings. The number of rotatable bonds is 5. The first-order chi connectivity index (χ1) is 7.23. The van der Waals surface area contributed by atoms with Crippen molar-refractivity contribution in [1.82, 2.24) is 10.2 Å². The van der Waals surface area contributed by atoms with Crippen LogP contribution in [0.4, 0.5) is 0 Å². The lowest BCUT2D eigenvalue weighted by Gasteiger charge is -2.25. The first kappa shape index (κ1) is 14.7. The maximum absolute atomic E-state index is 11.8. The van der Waals surface area contributed by atoms with E-state index < -0.39 is 5.41 Å². The molecular weight excluding hydrogens is 208 g/mol. The van der Waals surface area contributed by atoms with E-state index in [0.717, 1.165) is 0 Å². The minimum absolute atomic E-state index is 0.0949. The number of nitrogens with zero attached hydrogens (tertiary/aromatic N) is 2. The Morgan fingerprint density at radius 3 is 2.44 bits per heavy atom. The molecule has 1 amide bonds. The summed E-state index contributed by atoms with van der Waals surface area (Å²) in [6, 6.07) is 0.229. The highest BCUT2D eigenvalue weighted by Crippen LogP contribution is 2.14. The summed E-state index contributed by atoms with van der Waals surface area (Å²) in [5, 5.41) is 14.2. The summed E-state index contributed by atoms with van der Waals surface area (Å²) in [5.74, 6) is -0.348. The number of amides is 1. The molecule has 0 radical (unpaired) electrons. The van der Waals surface area contributed by atoms with Crippen LogP contribution in [-0.2, 0) is 4.79 Å². The third-order valence-corrected chi connectivity index (χ3v) is 2.76. The molecule has 0 aliphatic rings. The van der Waals surface area contributed by atoms with Gasteiger partial charge in [0.1, 0.15) is 5.41 Å². The first-order valence-corrected chi connectivity index (χ1v) is 5.16. The number of nitrogens with two attached hydrogens (primary N) is 1. The highest BCUT2D eigenvalue weighted by molar-refractivity contribution is 6.05. The van der Waals surface area contributed by atoms with Gasteiger partial charge in [0.05, 0.1) is 0 Å². The topological polar surface area (TPSA) is 91.0 Å². The number of hydrogen-bond acceptors (Lipinski definition) is 4. The lowest BCUT2D eigenvalue weighted by molar-refractivity contribution is -0.126. The van der Waals surface area contributed by atoms with Crippen molar-refractivity contribution in [3.63, 3.8) is 0 Å². The lowest BCUT2D eigenvalue weighted by atomic mass is 9.91. The summed E-state index contributed by atoms with van der Waals surface area (Å²) in [5.41, 5.74) is 4.45. The van der Waals surface area contributed by atoms with E-state index in [2.05, 4.69) is 10.5 Å². The second-order valence-corrected chi connectivity index (χ2v) is 4.63. The third kappa shape index (κ3) is 3.69.